The van der Waals surface area contributed by atoms with Gasteiger partial charge >= 0.3 is 11.9 Å². The highest BCUT2D eigenvalue weighted by Crippen LogP contribution is 2.41. The van der Waals surface area contributed by atoms with E-state index in [1.54, 1.807) is 13.0 Å². The molecule has 0 aromatic heterocycles. The van der Waals surface area contributed by atoms with Gasteiger partial charge in [0.25, 0.3) is 5.69 Å². The monoisotopic (exact) mass is 598 g/mol. The molecule has 0 amide bonds. The molecule has 0 radical (unpaired) electrons. The highest BCUT2D eigenvalue weighted by Gasteiger charge is 2.45. The zero-order valence-corrected chi connectivity index (χ0v) is 24.5. The summed E-state index contributed by atoms with van der Waals surface area (Å²) in [5, 5.41) is 11.6. The van der Waals surface area contributed by atoms with Crippen molar-refractivity contribution < 1.29 is 28.7 Å². The summed E-state index contributed by atoms with van der Waals surface area (Å²) >= 11 is 0. The molecule has 2 heterocycles. The molecule has 0 bridgehead atoms. The summed E-state index contributed by atoms with van der Waals surface area (Å²) in [5.74, 6) is -3.63. The molecule has 11 nitrogen and oxygen atoms in total. The van der Waals surface area contributed by atoms with Crippen LogP contribution in [0.1, 0.15) is 35.6 Å². The second kappa shape index (κ2) is 13.6. The molecule has 2 N–H and O–H groups in total. The summed E-state index contributed by atoms with van der Waals surface area (Å²) in [6.07, 6.45) is -0.430. The number of hydrogen-bond donors (Lipinski definition) is 1. The molecule has 1 saturated heterocycles. The second-order valence-corrected chi connectivity index (χ2v) is 10.7. The lowest BCUT2D eigenvalue weighted by molar-refractivity contribution is -0.384. The minimum absolute atomic E-state index is 0.0228. The number of non-ortho nitro benzene ring substituents is 1. The number of amidine groups is 1. The van der Waals surface area contributed by atoms with Crippen molar-refractivity contribution in [3.05, 3.63) is 123 Å². The summed E-state index contributed by atoms with van der Waals surface area (Å²) in [5.41, 5.74) is 9.08. The van der Waals surface area contributed by atoms with Gasteiger partial charge in [-0.05, 0) is 23.6 Å². The average Bonchev–Trinajstić information content (AvgIpc) is 3.00. The number of esters is 2. The van der Waals surface area contributed by atoms with Crippen molar-refractivity contribution >= 4 is 23.5 Å². The zero-order valence-electron chi connectivity index (χ0n) is 24.5. The van der Waals surface area contributed by atoms with Crippen LogP contribution in [0.4, 0.5) is 5.69 Å². The molecule has 0 saturated carbocycles. The number of nitrogens with two attached hydrogens (primary N) is 1. The maximum atomic E-state index is 13.8. The van der Waals surface area contributed by atoms with Gasteiger partial charge in [0.05, 0.1) is 28.8 Å². The average molecular weight is 599 g/mol. The Morgan fingerprint density at radius 2 is 1.64 bits per heavy atom. The van der Waals surface area contributed by atoms with E-state index in [1.165, 1.54) is 25.3 Å². The predicted octanol–water partition coefficient (Wildman–Crippen LogP) is 4.15. The van der Waals surface area contributed by atoms with E-state index in [0.717, 1.165) is 11.1 Å². The van der Waals surface area contributed by atoms with E-state index in [1.807, 2.05) is 36.4 Å². The van der Waals surface area contributed by atoms with Gasteiger partial charge in [-0.2, -0.15) is 0 Å². The fourth-order valence-electron chi connectivity index (χ4n) is 5.78. The third-order valence-electron chi connectivity index (χ3n) is 7.84. The first-order chi connectivity index (χ1) is 21.3. The number of aliphatic imine (C=N–C) groups is 1. The minimum atomic E-state index is -1.20. The second-order valence-electron chi connectivity index (χ2n) is 10.7. The van der Waals surface area contributed by atoms with Crippen molar-refractivity contribution in [3.63, 3.8) is 0 Å². The zero-order chi connectivity index (χ0) is 31.2. The van der Waals surface area contributed by atoms with Crippen LogP contribution in [-0.2, 0) is 23.8 Å². The summed E-state index contributed by atoms with van der Waals surface area (Å²) in [6.45, 7) is 2.69. The van der Waals surface area contributed by atoms with Gasteiger partial charge < -0.3 is 19.9 Å². The molecule has 0 aliphatic carbocycles. The van der Waals surface area contributed by atoms with Gasteiger partial charge in [0.1, 0.15) is 24.5 Å². The number of carbonyl (C=O) groups excluding carboxylic acids is 2. The van der Waals surface area contributed by atoms with Crippen LogP contribution in [0.2, 0.25) is 0 Å². The van der Waals surface area contributed by atoms with Gasteiger partial charge in [0.2, 0.25) is 0 Å². The van der Waals surface area contributed by atoms with Crippen molar-refractivity contribution in [1.82, 2.24) is 4.90 Å². The van der Waals surface area contributed by atoms with Gasteiger partial charge in [-0.3, -0.25) is 19.8 Å². The lowest BCUT2D eigenvalue weighted by Gasteiger charge is -2.44. The predicted molar refractivity (Wildman–Crippen MR) is 163 cm³/mol. The van der Waals surface area contributed by atoms with E-state index >= 15 is 0 Å². The molecule has 2 aliphatic heterocycles. The fourth-order valence-corrected chi connectivity index (χ4v) is 5.78. The van der Waals surface area contributed by atoms with Crippen molar-refractivity contribution in [2.45, 2.75) is 25.0 Å². The number of likely N-dealkylation sites (tertiary alicyclic amines) is 1. The first-order valence-corrected chi connectivity index (χ1v) is 14.3. The van der Waals surface area contributed by atoms with Crippen LogP contribution >= 0.6 is 0 Å². The summed E-state index contributed by atoms with van der Waals surface area (Å²) in [7, 11) is 1.48. The number of methoxy groups -OCH3 is 1. The van der Waals surface area contributed by atoms with Gasteiger partial charge in [-0.15, -0.1) is 0 Å². The minimum Gasteiger partial charge on any atom is -0.460 e. The molecule has 3 aromatic carbocycles. The number of allylic oxidation sites excluding steroid dienone is 1. The summed E-state index contributed by atoms with van der Waals surface area (Å²) in [4.78, 5) is 44.7. The smallest absolute Gasteiger partial charge is 0.336 e. The molecule has 44 heavy (non-hydrogen) atoms. The SMILES string of the molecule is COCCOC(=O)C1=C(C)N=C(N)C(C(=O)OC2CN(C(c3ccccc3)c3ccccc3)C2)C1c1cccc([N+](=O)[O-])c1. The fraction of sp³-hybridized carbons (Fsp3) is 0.303. The molecule has 5 rings (SSSR count). The number of rotatable bonds is 11. The first-order valence-electron chi connectivity index (χ1n) is 14.3. The molecule has 3 aromatic rings. The maximum absolute atomic E-state index is 13.8. The number of nitro groups is 1. The topological polar surface area (TPSA) is 147 Å². The van der Waals surface area contributed by atoms with Crippen LogP contribution in [0.5, 0.6) is 0 Å². The summed E-state index contributed by atoms with van der Waals surface area (Å²) in [6, 6.07) is 26.0. The lowest BCUT2D eigenvalue weighted by Crippen LogP contribution is -2.55. The molecule has 0 spiro atoms. The molecular weight excluding hydrogens is 564 g/mol. The van der Waals surface area contributed by atoms with Crippen molar-refractivity contribution in [1.29, 1.82) is 0 Å². The van der Waals surface area contributed by atoms with Crippen molar-refractivity contribution in [2.24, 2.45) is 16.6 Å². The lowest BCUT2D eigenvalue weighted by atomic mass is 9.77. The normalized spacial score (nSPS) is 18.8. The Balaban J connectivity index is 1.39. The maximum Gasteiger partial charge on any atom is 0.336 e. The van der Waals surface area contributed by atoms with Crippen LogP contribution in [0.25, 0.3) is 0 Å². The molecule has 11 heteroatoms. The van der Waals surface area contributed by atoms with E-state index in [4.69, 9.17) is 19.9 Å². The third-order valence-corrected chi connectivity index (χ3v) is 7.84. The quantitative estimate of drug-likeness (QED) is 0.149. The molecule has 2 aliphatic rings. The first kappa shape index (κ1) is 30.6. The standard InChI is InChI=1S/C33H34N4O7/c1-21-27(32(38)43-17-16-42-2)28(24-14-9-15-25(18-24)37(40)41)29(31(34)35-21)33(39)44-26-19-36(20-26)30(22-10-5-3-6-11-22)23-12-7-4-8-13-23/h3-15,18,26,28-30H,16-17,19-20H2,1-2H3,(H2,34,35). The van der Waals surface area contributed by atoms with Crippen LogP contribution in [-0.4, -0.2) is 67.1 Å². The number of carbonyl (C=O) groups is 2. The highest BCUT2D eigenvalue weighted by molar-refractivity contribution is 6.06. The van der Waals surface area contributed by atoms with Crippen LogP contribution < -0.4 is 5.73 Å². The van der Waals surface area contributed by atoms with E-state index in [9.17, 15) is 19.7 Å². The Hall–Kier alpha value is -4.87. The van der Waals surface area contributed by atoms with Gasteiger partial charge in [-0.1, -0.05) is 72.8 Å². The third kappa shape index (κ3) is 6.53. The van der Waals surface area contributed by atoms with E-state index < -0.39 is 34.8 Å². The molecule has 2 unspecified atom stereocenters. The van der Waals surface area contributed by atoms with Gasteiger partial charge in [0, 0.05) is 38.2 Å². The van der Waals surface area contributed by atoms with Gasteiger partial charge in [0.15, 0.2) is 0 Å². The van der Waals surface area contributed by atoms with Crippen molar-refractivity contribution in [3.8, 4) is 0 Å². The van der Waals surface area contributed by atoms with Crippen LogP contribution in [0.15, 0.2) is 101 Å². The Kier molecular flexibility index (Phi) is 9.47. The Morgan fingerprint density at radius 1 is 1.00 bits per heavy atom. The highest BCUT2D eigenvalue weighted by atomic mass is 16.6. The molecule has 1 fully saturated rings. The van der Waals surface area contributed by atoms with Gasteiger partial charge in [-0.25, -0.2) is 9.79 Å². The molecule has 2 atom stereocenters. The van der Waals surface area contributed by atoms with Crippen LogP contribution in [0, 0.1) is 16.0 Å². The Labute approximate surface area is 255 Å². The molecular formula is C33H34N4O7. The van der Waals surface area contributed by atoms with E-state index in [-0.39, 0.29) is 42.0 Å². The van der Waals surface area contributed by atoms with E-state index in [0.29, 0.717) is 18.7 Å². The number of hydrogen-bond acceptors (Lipinski definition) is 10. The Bertz CT molecular complexity index is 1530. The number of nitrogens with zero attached hydrogens (tertiary/aromatic N) is 3. The summed E-state index contributed by atoms with van der Waals surface area (Å²) < 4.78 is 16.4. The van der Waals surface area contributed by atoms with Crippen LogP contribution in [0.3, 0.4) is 0 Å². The molecule has 228 valence electrons. The number of nitro benzene ring substituents is 1. The Morgan fingerprint density at radius 3 is 2.23 bits per heavy atom. The van der Waals surface area contributed by atoms with Crippen molar-refractivity contribution in [2.75, 3.05) is 33.4 Å². The number of ether oxygens (including phenoxy) is 3. The largest absolute Gasteiger partial charge is 0.460 e. The number of benzene rings is 3. The van der Waals surface area contributed by atoms with E-state index in [2.05, 4.69) is 34.2 Å².